The molecule has 0 saturated carbocycles. The lowest BCUT2D eigenvalue weighted by atomic mass is 10.1. The highest BCUT2D eigenvalue weighted by molar-refractivity contribution is 9.11. The second-order valence-electron chi connectivity index (χ2n) is 4.27. The fraction of sp³-hybridized carbons (Fsp3) is 0.286. The third-order valence-electron chi connectivity index (χ3n) is 2.82. The first kappa shape index (κ1) is 16.5. The molecule has 0 saturated heterocycles. The SMILES string of the molecule is CCc1ccccc1OCCNS(=O)(=O)c1ccc(Br)s1. The number of sulfonamides is 1. The van der Waals surface area contributed by atoms with Crippen LogP contribution >= 0.6 is 27.3 Å². The van der Waals surface area contributed by atoms with Crippen molar-refractivity contribution in [3.63, 3.8) is 0 Å². The third kappa shape index (κ3) is 4.54. The minimum atomic E-state index is -3.45. The van der Waals surface area contributed by atoms with E-state index in [2.05, 4.69) is 27.6 Å². The molecule has 0 radical (unpaired) electrons. The summed E-state index contributed by atoms with van der Waals surface area (Å²) in [4.78, 5) is 0. The number of aryl methyl sites for hydroxylation is 1. The van der Waals surface area contributed by atoms with E-state index in [1.807, 2.05) is 24.3 Å². The lowest BCUT2D eigenvalue weighted by Gasteiger charge is -2.10. The van der Waals surface area contributed by atoms with Gasteiger partial charge < -0.3 is 4.74 Å². The van der Waals surface area contributed by atoms with Crippen LogP contribution in [0.3, 0.4) is 0 Å². The topological polar surface area (TPSA) is 55.4 Å². The fourth-order valence-corrected chi connectivity index (χ4v) is 4.85. The summed E-state index contributed by atoms with van der Waals surface area (Å²) in [6.45, 7) is 2.58. The number of ether oxygens (including phenoxy) is 1. The van der Waals surface area contributed by atoms with Gasteiger partial charge in [-0.1, -0.05) is 25.1 Å². The van der Waals surface area contributed by atoms with Gasteiger partial charge in [0.1, 0.15) is 16.6 Å². The minimum Gasteiger partial charge on any atom is -0.492 e. The van der Waals surface area contributed by atoms with Crippen molar-refractivity contribution in [3.8, 4) is 5.75 Å². The summed E-state index contributed by atoms with van der Waals surface area (Å²) in [6, 6.07) is 11.1. The van der Waals surface area contributed by atoms with Crippen LogP contribution in [-0.2, 0) is 16.4 Å². The van der Waals surface area contributed by atoms with E-state index in [4.69, 9.17) is 4.74 Å². The minimum absolute atomic E-state index is 0.232. The zero-order valence-electron chi connectivity index (χ0n) is 11.5. The van der Waals surface area contributed by atoms with Gasteiger partial charge in [-0.2, -0.15) is 0 Å². The smallest absolute Gasteiger partial charge is 0.250 e. The van der Waals surface area contributed by atoms with Gasteiger partial charge in [0, 0.05) is 6.54 Å². The Morgan fingerprint density at radius 2 is 2.00 bits per heavy atom. The molecular weight excluding hydrogens is 374 g/mol. The molecule has 0 aliphatic carbocycles. The van der Waals surface area contributed by atoms with Crippen LogP contribution in [-0.4, -0.2) is 21.6 Å². The van der Waals surface area contributed by atoms with Gasteiger partial charge in [0.05, 0.1) is 3.79 Å². The first-order chi connectivity index (χ1) is 10.0. The highest BCUT2D eigenvalue weighted by Crippen LogP contribution is 2.25. The van der Waals surface area contributed by atoms with Gasteiger partial charge in [-0.15, -0.1) is 11.3 Å². The maximum Gasteiger partial charge on any atom is 0.250 e. The highest BCUT2D eigenvalue weighted by atomic mass is 79.9. The van der Waals surface area contributed by atoms with E-state index >= 15 is 0 Å². The van der Waals surface area contributed by atoms with Gasteiger partial charge in [0.15, 0.2) is 0 Å². The summed E-state index contributed by atoms with van der Waals surface area (Å²) in [5.41, 5.74) is 1.11. The number of thiophene rings is 1. The quantitative estimate of drug-likeness (QED) is 0.737. The number of para-hydroxylation sites is 1. The fourth-order valence-electron chi connectivity index (χ4n) is 1.79. The molecule has 1 aromatic carbocycles. The molecule has 21 heavy (non-hydrogen) atoms. The van der Waals surface area contributed by atoms with Crippen molar-refractivity contribution in [3.05, 3.63) is 45.7 Å². The van der Waals surface area contributed by atoms with Crippen LogP contribution in [0.4, 0.5) is 0 Å². The Kier molecular flexibility index (Phi) is 5.80. The van der Waals surface area contributed by atoms with E-state index in [-0.39, 0.29) is 6.54 Å². The standard InChI is InChI=1S/C14H16BrNO3S2/c1-2-11-5-3-4-6-12(11)19-10-9-16-21(17,18)14-8-7-13(15)20-14/h3-8,16H,2,9-10H2,1H3. The molecule has 1 heterocycles. The van der Waals surface area contributed by atoms with Gasteiger partial charge in [0.2, 0.25) is 10.0 Å². The first-order valence-electron chi connectivity index (χ1n) is 6.48. The summed E-state index contributed by atoms with van der Waals surface area (Å²) in [6.07, 6.45) is 0.880. The maximum absolute atomic E-state index is 12.0. The molecule has 1 aromatic heterocycles. The van der Waals surface area contributed by atoms with Crippen molar-refractivity contribution >= 4 is 37.3 Å². The van der Waals surface area contributed by atoms with Crippen molar-refractivity contribution in [1.29, 1.82) is 0 Å². The molecular formula is C14H16BrNO3S2. The van der Waals surface area contributed by atoms with Crippen LogP contribution in [0.2, 0.25) is 0 Å². The predicted molar refractivity (Wildman–Crippen MR) is 88.5 cm³/mol. The van der Waals surface area contributed by atoms with E-state index in [1.165, 1.54) is 11.3 Å². The van der Waals surface area contributed by atoms with Gasteiger partial charge in [-0.25, -0.2) is 13.1 Å². The molecule has 4 nitrogen and oxygen atoms in total. The lowest BCUT2D eigenvalue weighted by molar-refractivity contribution is 0.320. The van der Waals surface area contributed by atoms with Crippen molar-refractivity contribution in [2.45, 2.75) is 17.6 Å². The number of halogens is 1. The van der Waals surface area contributed by atoms with Crippen LogP contribution in [0.1, 0.15) is 12.5 Å². The molecule has 0 atom stereocenters. The van der Waals surface area contributed by atoms with Gasteiger partial charge in [-0.05, 0) is 46.1 Å². The maximum atomic E-state index is 12.0. The molecule has 7 heteroatoms. The number of benzene rings is 1. The van der Waals surface area contributed by atoms with E-state index in [0.717, 1.165) is 21.5 Å². The average molecular weight is 390 g/mol. The monoisotopic (exact) mass is 389 g/mol. The first-order valence-corrected chi connectivity index (χ1v) is 9.58. The third-order valence-corrected chi connectivity index (χ3v) is 6.40. The van der Waals surface area contributed by atoms with E-state index in [1.54, 1.807) is 12.1 Å². The zero-order valence-corrected chi connectivity index (χ0v) is 14.7. The predicted octanol–water partition coefficient (Wildman–Crippen LogP) is 3.43. The zero-order chi connectivity index (χ0) is 15.3. The molecule has 0 spiro atoms. The number of hydrogen-bond acceptors (Lipinski definition) is 4. The number of rotatable bonds is 7. The van der Waals surface area contributed by atoms with Crippen LogP contribution in [0.15, 0.2) is 44.4 Å². The molecule has 2 aromatic rings. The Labute approximate surface area is 137 Å². The Bertz CT molecular complexity index is 698. The summed E-state index contributed by atoms with van der Waals surface area (Å²) in [5, 5.41) is 0. The summed E-state index contributed by atoms with van der Waals surface area (Å²) >= 11 is 4.44. The normalized spacial score (nSPS) is 11.5. The lowest BCUT2D eigenvalue weighted by Crippen LogP contribution is -2.27. The molecule has 0 aliphatic rings. The molecule has 1 N–H and O–H groups in total. The van der Waals surface area contributed by atoms with Crippen LogP contribution in [0.5, 0.6) is 5.75 Å². The molecule has 0 amide bonds. The molecule has 0 fully saturated rings. The summed E-state index contributed by atoms with van der Waals surface area (Å²) in [7, 11) is -3.45. The number of hydrogen-bond donors (Lipinski definition) is 1. The van der Waals surface area contributed by atoms with Crippen LogP contribution < -0.4 is 9.46 Å². The Morgan fingerprint density at radius 3 is 2.67 bits per heavy atom. The molecule has 2 rings (SSSR count). The number of nitrogens with one attached hydrogen (secondary N) is 1. The summed E-state index contributed by atoms with van der Waals surface area (Å²) in [5.74, 6) is 0.804. The van der Waals surface area contributed by atoms with Crippen molar-refractivity contribution in [2.75, 3.05) is 13.2 Å². The second-order valence-corrected chi connectivity index (χ2v) is 8.72. The van der Waals surface area contributed by atoms with E-state index in [9.17, 15) is 8.42 Å². The van der Waals surface area contributed by atoms with Crippen LogP contribution in [0.25, 0.3) is 0 Å². The average Bonchev–Trinajstić information content (AvgIpc) is 2.91. The Morgan fingerprint density at radius 1 is 1.24 bits per heavy atom. The molecule has 0 aliphatic heterocycles. The second kappa shape index (κ2) is 7.40. The van der Waals surface area contributed by atoms with E-state index in [0.29, 0.717) is 10.8 Å². The molecule has 0 unspecified atom stereocenters. The highest BCUT2D eigenvalue weighted by Gasteiger charge is 2.15. The van der Waals surface area contributed by atoms with Crippen molar-refractivity contribution < 1.29 is 13.2 Å². The largest absolute Gasteiger partial charge is 0.492 e. The van der Waals surface area contributed by atoms with Gasteiger partial charge >= 0.3 is 0 Å². The Balaban J connectivity index is 1.87. The van der Waals surface area contributed by atoms with Gasteiger partial charge in [0.25, 0.3) is 0 Å². The van der Waals surface area contributed by atoms with Gasteiger partial charge in [-0.3, -0.25) is 0 Å². The van der Waals surface area contributed by atoms with Crippen LogP contribution in [0, 0.1) is 0 Å². The van der Waals surface area contributed by atoms with Crippen molar-refractivity contribution in [1.82, 2.24) is 4.72 Å². The molecule has 0 bridgehead atoms. The van der Waals surface area contributed by atoms with Crippen molar-refractivity contribution in [2.24, 2.45) is 0 Å². The summed E-state index contributed by atoms with van der Waals surface area (Å²) < 4.78 is 33.3. The Hall–Kier alpha value is -0.890. The van der Waals surface area contributed by atoms with E-state index < -0.39 is 10.0 Å². The molecule has 114 valence electrons.